The van der Waals surface area contributed by atoms with Crippen LogP contribution < -0.4 is 15.0 Å². The number of aryl methyl sites for hydroxylation is 2. The highest BCUT2D eigenvalue weighted by molar-refractivity contribution is 6.02. The van der Waals surface area contributed by atoms with Crippen LogP contribution in [0.2, 0.25) is 0 Å². The van der Waals surface area contributed by atoms with Gasteiger partial charge in [0.2, 0.25) is 11.9 Å². The molecule has 1 N–H and O–H groups in total. The van der Waals surface area contributed by atoms with Crippen LogP contribution in [0.5, 0.6) is 5.75 Å². The zero-order chi connectivity index (χ0) is 24.5. The minimum absolute atomic E-state index is 0.390. The number of benzene rings is 1. The van der Waals surface area contributed by atoms with Gasteiger partial charge in [-0.2, -0.15) is 10.1 Å². The first-order valence-electron chi connectivity index (χ1n) is 11.3. The van der Waals surface area contributed by atoms with Crippen molar-refractivity contribution in [2.24, 2.45) is 0 Å². The first-order valence-corrected chi connectivity index (χ1v) is 11.3. The number of morpholine rings is 1. The number of hydrogen-bond acceptors (Lipinski definition) is 10. The van der Waals surface area contributed by atoms with Gasteiger partial charge in [-0.1, -0.05) is 12.1 Å². The maximum atomic E-state index is 13.2. The summed E-state index contributed by atoms with van der Waals surface area (Å²) in [6.45, 7) is 6.45. The van der Waals surface area contributed by atoms with Crippen molar-refractivity contribution >= 4 is 23.6 Å². The van der Waals surface area contributed by atoms with Crippen molar-refractivity contribution in [3.63, 3.8) is 0 Å². The van der Waals surface area contributed by atoms with Crippen LogP contribution in [-0.2, 0) is 14.3 Å². The van der Waals surface area contributed by atoms with Gasteiger partial charge in [-0.05, 0) is 31.5 Å². The summed E-state index contributed by atoms with van der Waals surface area (Å²) in [5.74, 6) is 1.96. The zero-order valence-corrected chi connectivity index (χ0v) is 20.1. The molecule has 2 aromatic heterocycles. The fourth-order valence-corrected chi connectivity index (χ4v) is 4.38. The third kappa shape index (κ3) is 4.18. The van der Waals surface area contributed by atoms with E-state index in [4.69, 9.17) is 19.2 Å². The van der Waals surface area contributed by atoms with Gasteiger partial charge in [0, 0.05) is 24.8 Å². The summed E-state index contributed by atoms with van der Waals surface area (Å²) in [5, 5.41) is 7.86. The lowest BCUT2D eigenvalue weighted by atomic mass is 9.93. The Balaban J connectivity index is 1.66. The Morgan fingerprint density at radius 3 is 2.51 bits per heavy atom. The predicted octanol–water partition coefficient (Wildman–Crippen LogP) is 2.13. The van der Waals surface area contributed by atoms with Crippen LogP contribution in [0.3, 0.4) is 0 Å². The Labute approximate surface area is 202 Å². The molecule has 0 bridgehead atoms. The number of anilines is 2. The van der Waals surface area contributed by atoms with Crippen LogP contribution in [-0.4, -0.2) is 71.2 Å². The molecular formula is C24H27N7O4. The van der Waals surface area contributed by atoms with Crippen LogP contribution >= 0.6 is 0 Å². The molecule has 11 heteroatoms. The first kappa shape index (κ1) is 22.8. The molecule has 2 aliphatic rings. The predicted molar refractivity (Wildman–Crippen MR) is 128 cm³/mol. The highest BCUT2D eigenvalue weighted by atomic mass is 16.5. The van der Waals surface area contributed by atoms with Crippen LogP contribution in [0.15, 0.2) is 36.0 Å². The lowest BCUT2D eigenvalue weighted by molar-refractivity contribution is -0.136. The number of esters is 1. The number of carbonyl (C=O) groups excluding carboxylic acids is 1. The van der Waals surface area contributed by atoms with Gasteiger partial charge in [0.25, 0.3) is 0 Å². The summed E-state index contributed by atoms with van der Waals surface area (Å²) < 4.78 is 17.7. The second-order valence-electron chi connectivity index (χ2n) is 8.28. The smallest absolute Gasteiger partial charge is 0.338 e. The molecule has 182 valence electrons. The normalized spacial score (nSPS) is 17.6. The summed E-state index contributed by atoms with van der Waals surface area (Å²) in [7, 11) is 2.98. The van der Waals surface area contributed by atoms with Crippen LogP contribution in [0.25, 0.3) is 5.70 Å². The van der Waals surface area contributed by atoms with E-state index in [1.807, 2.05) is 31.2 Å². The monoisotopic (exact) mass is 477 g/mol. The summed E-state index contributed by atoms with van der Waals surface area (Å²) in [6.07, 6.45) is 1.74. The Kier molecular flexibility index (Phi) is 6.08. The first-order chi connectivity index (χ1) is 17.0. The van der Waals surface area contributed by atoms with Crippen LogP contribution in [0, 0.1) is 13.8 Å². The van der Waals surface area contributed by atoms with Crippen molar-refractivity contribution in [1.82, 2.24) is 24.7 Å². The number of ether oxygens (including phenoxy) is 3. The van der Waals surface area contributed by atoms with Gasteiger partial charge in [0.05, 0.1) is 44.4 Å². The van der Waals surface area contributed by atoms with Crippen LogP contribution in [0.4, 0.5) is 11.9 Å². The summed E-state index contributed by atoms with van der Waals surface area (Å²) in [6, 6.07) is 6.93. The number of nitrogens with zero attached hydrogens (tertiary/aromatic N) is 6. The molecule has 0 spiro atoms. The largest absolute Gasteiger partial charge is 0.497 e. The van der Waals surface area contributed by atoms with Gasteiger partial charge in [0.1, 0.15) is 17.6 Å². The summed E-state index contributed by atoms with van der Waals surface area (Å²) in [4.78, 5) is 29.2. The Morgan fingerprint density at radius 2 is 1.86 bits per heavy atom. The van der Waals surface area contributed by atoms with E-state index in [1.54, 1.807) is 24.9 Å². The minimum atomic E-state index is -0.570. The third-order valence-electron chi connectivity index (χ3n) is 6.13. The summed E-state index contributed by atoms with van der Waals surface area (Å²) in [5.41, 5.74) is 3.18. The Morgan fingerprint density at radius 1 is 1.11 bits per heavy atom. The van der Waals surface area contributed by atoms with Gasteiger partial charge in [0.15, 0.2) is 0 Å². The Bertz CT molecular complexity index is 1280. The molecule has 35 heavy (non-hydrogen) atoms. The van der Waals surface area contributed by atoms with E-state index < -0.39 is 12.0 Å². The van der Waals surface area contributed by atoms with E-state index in [0.29, 0.717) is 53.5 Å². The maximum Gasteiger partial charge on any atom is 0.338 e. The van der Waals surface area contributed by atoms with Gasteiger partial charge in [-0.25, -0.2) is 19.4 Å². The van der Waals surface area contributed by atoms with Crippen molar-refractivity contribution in [1.29, 1.82) is 0 Å². The van der Waals surface area contributed by atoms with E-state index in [0.717, 1.165) is 24.3 Å². The average Bonchev–Trinajstić information content (AvgIpc) is 3.27. The van der Waals surface area contributed by atoms with Crippen LogP contribution in [0.1, 0.15) is 28.7 Å². The third-order valence-corrected chi connectivity index (χ3v) is 6.13. The van der Waals surface area contributed by atoms with Crippen molar-refractivity contribution in [3.05, 3.63) is 58.7 Å². The molecule has 11 nitrogen and oxygen atoms in total. The average molecular weight is 478 g/mol. The SMILES string of the molecule is COC(=O)C1=C(c2cnc(N3CCOCC3)nc2C)Nc2nc(C)nn2C1c1ccc(OC)cc1. The van der Waals surface area contributed by atoms with Gasteiger partial charge >= 0.3 is 5.97 Å². The molecule has 1 saturated heterocycles. The highest BCUT2D eigenvalue weighted by Crippen LogP contribution is 2.40. The number of hydrogen-bond donors (Lipinski definition) is 1. The number of rotatable bonds is 5. The Hall–Kier alpha value is -3.99. The van der Waals surface area contributed by atoms with E-state index in [2.05, 4.69) is 25.3 Å². The number of fused-ring (bicyclic) bond motifs is 1. The molecule has 2 aliphatic heterocycles. The summed E-state index contributed by atoms with van der Waals surface area (Å²) >= 11 is 0. The molecule has 0 aliphatic carbocycles. The lowest BCUT2D eigenvalue weighted by Gasteiger charge is -2.30. The molecule has 0 saturated carbocycles. The van der Waals surface area contributed by atoms with Crippen molar-refractivity contribution in [2.45, 2.75) is 19.9 Å². The topological polar surface area (TPSA) is 117 Å². The second kappa shape index (κ2) is 9.34. The molecule has 1 fully saturated rings. The van der Waals surface area contributed by atoms with Gasteiger partial charge in [-0.15, -0.1) is 0 Å². The second-order valence-corrected chi connectivity index (χ2v) is 8.28. The highest BCUT2D eigenvalue weighted by Gasteiger charge is 2.37. The standard InChI is InChI=1S/C24H27N7O4/c1-14-18(13-25-23(26-14)30-9-11-35-12-10-30)20-19(22(32)34-4)21(16-5-7-17(33-3)8-6-16)31-24(28-20)27-15(2)29-31/h5-8,13,21H,9-12H2,1-4H3,(H,27,28,29). The molecule has 3 aromatic rings. The molecule has 1 aromatic carbocycles. The lowest BCUT2D eigenvalue weighted by Crippen LogP contribution is -2.37. The number of carbonyl (C=O) groups is 1. The molecular weight excluding hydrogens is 450 g/mol. The molecule has 4 heterocycles. The zero-order valence-electron chi connectivity index (χ0n) is 20.1. The van der Waals surface area contributed by atoms with Crippen molar-refractivity contribution in [2.75, 3.05) is 50.7 Å². The van der Waals surface area contributed by atoms with E-state index in [-0.39, 0.29) is 0 Å². The van der Waals surface area contributed by atoms with Gasteiger partial charge < -0.3 is 24.4 Å². The number of aromatic nitrogens is 5. The number of methoxy groups -OCH3 is 2. The van der Waals surface area contributed by atoms with E-state index >= 15 is 0 Å². The maximum absolute atomic E-state index is 13.2. The molecule has 1 unspecified atom stereocenters. The minimum Gasteiger partial charge on any atom is -0.497 e. The van der Waals surface area contributed by atoms with E-state index in [1.165, 1.54) is 7.11 Å². The molecule has 0 amide bonds. The van der Waals surface area contributed by atoms with E-state index in [9.17, 15) is 4.79 Å². The fourth-order valence-electron chi connectivity index (χ4n) is 4.38. The quantitative estimate of drug-likeness (QED) is 0.548. The van der Waals surface area contributed by atoms with Crippen molar-refractivity contribution < 1.29 is 19.0 Å². The van der Waals surface area contributed by atoms with Gasteiger partial charge in [-0.3, -0.25) is 0 Å². The van der Waals surface area contributed by atoms with Crippen molar-refractivity contribution in [3.8, 4) is 5.75 Å². The molecule has 0 radical (unpaired) electrons. The molecule has 1 atom stereocenters. The fraction of sp³-hybridized carbons (Fsp3) is 0.375. The number of nitrogens with one attached hydrogen (secondary N) is 1. The molecule has 5 rings (SSSR count).